The second-order valence-corrected chi connectivity index (χ2v) is 3.20. The quantitative estimate of drug-likeness (QED) is 0.464. The number of hydrogen-bond donors (Lipinski definition) is 3. The fourth-order valence-corrected chi connectivity index (χ4v) is 1.33. The van der Waals surface area contributed by atoms with Gasteiger partial charge in [-0.2, -0.15) is 0 Å². The number of rotatable bonds is 3. The largest absolute Gasteiger partial charge is 0.394 e. The van der Waals surface area contributed by atoms with Crippen molar-refractivity contribution in [2.75, 3.05) is 26.9 Å². The van der Waals surface area contributed by atoms with Gasteiger partial charge in [-0.05, 0) is 12.2 Å². The summed E-state index contributed by atoms with van der Waals surface area (Å²) in [5.74, 6) is 0. The fraction of sp³-hybridized carbons (Fsp3) is 0.833. The summed E-state index contributed by atoms with van der Waals surface area (Å²) in [6.45, 7) is 0.769. The van der Waals surface area contributed by atoms with Crippen LogP contribution in [-0.4, -0.2) is 58.2 Å². The number of nitrogens with zero attached hydrogens (tertiary/aromatic N) is 2. The summed E-state index contributed by atoms with van der Waals surface area (Å²) >= 11 is 4.96. The van der Waals surface area contributed by atoms with Crippen LogP contribution in [0.5, 0.6) is 0 Å². The molecule has 0 aromatic rings. The predicted molar refractivity (Wildman–Crippen MR) is 48.2 cm³/mol. The van der Waals surface area contributed by atoms with E-state index in [0.29, 0.717) is 18.3 Å². The Kier molecular flexibility index (Phi) is 3.21. The van der Waals surface area contributed by atoms with Crippen LogP contribution < -0.4 is 5.43 Å². The Morgan fingerprint density at radius 1 is 1.75 bits per heavy atom. The molecule has 0 aliphatic carbocycles. The van der Waals surface area contributed by atoms with Crippen molar-refractivity contribution >= 4 is 17.3 Å². The van der Waals surface area contributed by atoms with Gasteiger partial charge in [-0.25, -0.2) is 5.01 Å². The summed E-state index contributed by atoms with van der Waals surface area (Å²) < 4.78 is 0. The normalized spacial score (nSPS) is 21.2. The Morgan fingerprint density at radius 2 is 2.42 bits per heavy atom. The first-order valence-corrected chi connectivity index (χ1v) is 4.10. The van der Waals surface area contributed by atoms with Crippen LogP contribution >= 0.6 is 12.2 Å². The van der Waals surface area contributed by atoms with Gasteiger partial charge < -0.3 is 15.1 Å². The number of hydrazine groups is 1. The molecule has 1 aliphatic heterocycles. The molecule has 1 aliphatic rings. The Labute approximate surface area is 76.5 Å². The molecule has 3 N–H and O–H groups in total. The lowest BCUT2D eigenvalue weighted by Crippen LogP contribution is -2.36. The van der Waals surface area contributed by atoms with E-state index in [1.54, 1.807) is 4.90 Å². The molecule has 0 aromatic heterocycles. The van der Waals surface area contributed by atoms with E-state index in [2.05, 4.69) is 5.43 Å². The number of aliphatic hydroxyl groups excluding tert-OH is 2. The van der Waals surface area contributed by atoms with E-state index in [9.17, 15) is 0 Å². The Morgan fingerprint density at radius 3 is 2.83 bits per heavy atom. The monoisotopic (exact) mass is 191 g/mol. The highest BCUT2D eigenvalue weighted by atomic mass is 32.1. The molecule has 1 unspecified atom stereocenters. The maximum Gasteiger partial charge on any atom is 0.184 e. The van der Waals surface area contributed by atoms with Crippen molar-refractivity contribution < 1.29 is 10.2 Å². The molecule has 1 rings (SSSR count). The van der Waals surface area contributed by atoms with Gasteiger partial charge in [-0.1, -0.05) is 0 Å². The first kappa shape index (κ1) is 9.66. The molecule has 6 heteroatoms. The van der Waals surface area contributed by atoms with Crippen LogP contribution in [0.4, 0.5) is 0 Å². The Hall–Kier alpha value is -0.430. The minimum absolute atomic E-state index is 0.233. The SMILES string of the molecule is CN1CN(CC(O)CO)C(=S)N1. The van der Waals surface area contributed by atoms with E-state index in [0.717, 1.165) is 0 Å². The lowest BCUT2D eigenvalue weighted by molar-refractivity contribution is 0.0730. The van der Waals surface area contributed by atoms with E-state index >= 15 is 0 Å². The summed E-state index contributed by atoms with van der Waals surface area (Å²) in [6.07, 6.45) is -0.726. The molecule has 0 radical (unpaired) electrons. The first-order valence-electron chi connectivity index (χ1n) is 3.69. The summed E-state index contributed by atoms with van der Waals surface area (Å²) in [4.78, 5) is 1.79. The van der Waals surface area contributed by atoms with Gasteiger partial charge in [0.2, 0.25) is 0 Å². The number of aliphatic hydroxyl groups is 2. The fourth-order valence-electron chi connectivity index (χ4n) is 1.04. The zero-order valence-corrected chi connectivity index (χ0v) is 7.71. The second-order valence-electron chi connectivity index (χ2n) is 2.82. The zero-order chi connectivity index (χ0) is 9.14. The highest BCUT2D eigenvalue weighted by Crippen LogP contribution is 2.01. The molecule has 0 saturated carbocycles. The van der Waals surface area contributed by atoms with E-state index in [1.807, 2.05) is 12.1 Å². The third kappa shape index (κ3) is 2.28. The van der Waals surface area contributed by atoms with E-state index in [4.69, 9.17) is 22.4 Å². The molecule has 1 fully saturated rings. The van der Waals surface area contributed by atoms with Crippen LogP contribution in [0.2, 0.25) is 0 Å². The Balaban J connectivity index is 2.37. The summed E-state index contributed by atoms with van der Waals surface area (Å²) in [5.41, 5.74) is 2.89. The van der Waals surface area contributed by atoms with Crippen molar-refractivity contribution in [1.29, 1.82) is 0 Å². The van der Waals surface area contributed by atoms with Crippen molar-refractivity contribution in [3.63, 3.8) is 0 Å². The van der Waals surface area contributed by atoms with Gasteiger partial charge in [0, 0.05) is 13.6 Å². The van der Waals surface area contributed by atoms with Crippen LogP contribution in [0, 0.1) is 0 Å². The summed E-state index contributed by atoms with van der Waals surface area (Å²) in [5, 5.41) is 20.1. The topological polar surface area (TPSA) is 59.0 Å². The van der Waals surface area contributed by atoms with Crippen LogP contribution in [0.3, 0.4) is 0 Å². The van der Waals surface area contributed by atoms with Gasteiger partial charge >= 0.3 is 0 Å². The molecule has 0 spiro atoms. The molecule has 1 atom stereocenters. The molecule has 0 aromatic carbocycles. The molecule has 0 bridgehead atoms. The molecule has 5 nitrogen and oxygen atoms in total. The number of nitrogens with one attached hydrogen (secondary N) is 1. The van der Waals surface area contributed by atoms with Crippen molar-refractivity contribution in [2.45, 2.75) is 6.10 Å². The molecular formula is C6H13N3O2S. The lowest BCUT2D eigenvalue weighted by atomic mass is 10.3. The van der Waals surface area contributed by atoms with Gasteiger partial charge in [0.25, 0.3) is 0 Å². The number of thiocarbonyl (C=S) groups is 1. The van der Waals surface area contributed by atoms with Crippen LogP contribution in [0.1, 0.15) is 0 Å². The third-order valence-corrected chi connectivity index (χ3v) is 1.95. The molecular weight excluding hydrogens is 178 g/mol. The van der Waals surface area contributed by atoms with Crippen molar-refractivity contribution in [3.05, 3.63) is 0 Å². The third-order valence-electron chi connectivity index (χ3n) is 1.60. The maximum absolute atomic E-state index is 9.12. The van der Waals surface area contributed by atoms with Crippen LogP contribution in [0.25, 0.3) is 0 Å². The molecule has 12 heavy (non-hydrogen) atoms. The average Bonchev–Trinajstić information content (AvgIpc) is 2.30. The van der Waals surface area contributed by atoms with Gasteiger partial charge in [-0.15, -0.1) is 0 Å². The van der Waals surface area contributed by atoms with Crippen LogP contribution in [0.15, 0.2) is 0 Å². The second kappa shape index (κ2) is 3.99. The summed E-state index contributed by atoms with van der Waals surface area (Å²) in [6, 6.07) is 0. The smallest absolute Gasteiger partial charge is 0.184 e. The van der Waals surface area contributed by atoms with Crippen molar-refractivity contribution in [3.8, 4) is 0 Å². The van der Waals surface area contributed by atoms with E-state index in [-0.39, 0.29) is 6.61 Å². The Bertz CT molecular complexity index is 178. The molecule has 1 heterocycles. The van der Waals surface area contributed by atoms with Gasteiger partial charge in [-0.3, -0.25) is 5.43 Å². The average molecular weight is 191 g/mol. The molecule has 0 amide bonds. The van der Waals surface area contributed by atoms with Crippen molar-refractivity contribution in [2.24, 2.45) is 0 Å². The number of hydrogen-bond acceptors (Lipinski definition) is 4. The van der Waals surface area contributed by atoms with Gasteiger partial charge in [0.15, 0.2) is 5.11 Å². The minimum atomic E-state index is -0.726. The molecule has 70 valence electrons. The standard InChI is InChI=1S/C6H13N3O2S/c1-8-4-9(6(12)7-8)2-5(11)3-10/h5,10-11H,2-4H2,1H3,(H,7,12). The van der Waals surface area contributed by atoms with Gasteiger partial charge in [0.05, 0.1) is 19.4 Å². The van der Waals surface area contributed by atoms with Gasteiger partial charge in [0.1, 0.15) is 0 Å². The van der Waals surface area contributed by atoms with Crippen molar-refractivity contribution in [1.82, 2.24) is 15.3 Å². The minimum Gasteiger partial charge on any atom is -0.394 e. The predicted octanol–water partition coefficient (Wildman–Crippen LogP) is -1.67. The summed E-state index contributed by atoms with van der Waals surface area (Å²) in [7, 11) is 1.86. The molecule has 1 saturated heterocycles. The van der Waals surface area contributed by atoms with Crippen LogP contribution in [-0.2, 0) is 0 Å². The number of β-amino-alcohol motifs (C(OH)–C–C–N with tert-alkyl or cyclic N) is 1. The first-order chi connectivity index (χ1) is 5.63. The van der Waals surface area contributed by atoms with E-state index in [1.165, 1.54) is 0 Å². The lowest BCUT2D eigenvalue weighted by Gasteiger charge is -2.18. The zero-order valence-electron chi connectivity index (χ0n) is 6.90. The highest BCUT2D eigenvalue weighted by molar-refractivity contribution is 7.80. The highest BCUT2D eigenvalue weighted by Gasteiger charge is 2.22. The van der Waals surface area contributed by atoms with E-state index < -0.39 is 6.10 Å². The maximum atomic E-state index is 9.12.